The molecule has 3 heterocycles. The molecule has 4 nitrogen and oxygen atoms in total. The van der Waals surface area contributed by atoms with E-state index in [1.54, 1.807) is 0 Å². The Kier molecular flexibility index (Phi) is 4.17. The molecule has 4 rings (SSSR count). The SMILES string of the molecule is Cc1cc(N2CCc3ccsc3C2C)nc(Nc2ccccc2C)n1. The molecule has 0 radical (unpaired) electrons. The highest BCUT2D eigenvalue weighted by molar-refractivity contribution is 7.10. The minimum atomic E-state index is 0.351. The minimum Gasteiger partial charge on any atom is -0.349 e. The lowest BCUT2D eigenvalue weighted by molar-refractivity contribution is 0.628. The van der Waals surface area contributed by atoms with Gasteiger partial charge < -0.3 is 10.2 Å². The quantitative estimate of drug-likeness (QED) is 0.720. The van der Waals surface area contributed by atoms with E-state index in [1.165, 1.54) is 16.0 Å². The van der Waals surface area contributed by atoms with Crippen molar-refractivity contribution in [2.75, 3.05) is 16.8 Å². The van der Waals surface area contributed by atoms with Gasteiger partial charge in [-0.25, -0.2) is 4.98 Å². The summed E-state index contributed by atoms with van der Waals surface area (Å²) in [6.45, 7) is 7.37. The Morgan fingerprint density at radius 2 is 2.00 bits per heavy atom. The number of aromatic nitrogens is 2. The van der Waals surface area contributed by atoms with E-state index in [9.17, 15) is 0 Å². The van der Waals surface area contributed by atoms with Gasteiger partial charge in [-0.15, -0.1) is 11.3 Å². The molecule has 0 spiro atoms. The highest BCUT2D eigenvalue weighted by Gasteiger charge is 2.26. The largest absolute Gasteiger partial charge is 0.349 e. The highest BCUT2D eigenvalue weighted by atomic mass is 32.1. The average molecular weight is 350 g/mol. The number of hydrogen-bond acceptors (Lipinski definition) is 5. The molecule has 3 aromatic rings. The number of para-hydroxylation sites is 1. The van der Waals surface area contributed by atoms with Crippen molar-refractivity contribution in [3.63, 3.8) is 0 Å². The average Bonchev–Trinajstić information content (AvgIpc) is 3.06. The van der Waals surface area contributed by atoms with E-state index in [-0.39, 0.29) is 0 Å². The predicted octanol–water partition coefficient (Wildman–Crippen LogP) is 5.02. The zero-order valence-electron chi connectivity index (χ0n) is 14.8. The highest BCUT2D eigenvalue weighted by Crippen LogP contribution is 2.36. The number of nitrogens with zero attached hydrogens (tertiary/aromatic N) is 3. The van der Waals surface area contributed by atoms with E-state index < -0.39 is 0 Å². The van der Waals surface area contributed by atoms with Crippen LogP contribution in [0.25, 0.3) is 0 Å². The second kappa shape index (κ2) is 6.48. The van der Waals surface area contributed by atoms with Gasteiger partial charge in [0.15, 0.2) is 0 Å². The fourth-order valence-corrected chi connectivity index (χ4v) is 4.42. The summed E-state index contributed by atoms with van der Waals surface area (Å²) in [6.07, 6.45) is 1.08. The van der Waals surface area contributed by atoms with E-state index in [0.29, 0.717) is 12.0 Å². The number of anilines is 3. The molecule has 1 aliphatic heterocycles. The molecule has 0 saturated carbocycles. The molecular weight excluding hydrogens is 328 g/mol. The number of rotatable bonds is 3. The molecule has 0 saturated heterocycles. The van der Waals surface area contributed by atoms with Crippen molar-refractivity contribution in [3.8, 4) is 0 Å². The number of thiophene rings is 1. The number of aryl methyl sites for hydroxylation is 2. The maximum absolute atomic E-state index is 4.81. The summed E-state index contributed by atoms with van der Waals surface area (Å²) in [6, 6.07) is 12.9. The van der Waals surface area contributed by atoms with Crippen LogP contribution in [0.4, 0.5) is 17.5 Å². The molecule has 0 aliphatic carbocycles. The predicted molar refractivity (Wildman–Crippen MR) is 105 cm³/mol. The Labute approximate surface area is 152 Å². The number of benzene rings is 1. The molecule has 25 heavy (non-hydrogen) atoms. The van der Waals surface area contributed by atoms with Crippen LogP contribution in [0.3, 0.4) is 0 Å². The standard InChI is InChI=1S/C20H22N4S/c1-13-6-4-5-7-17(13)22-20-21-14(2)12-18(23-20)24-10-8-16-9-11-25-19(16)15(24)3/h4-7,9,11-12,15H,8,10H2,1-3H3,(H,21,22,23). The third-order valence-electron chi connectivity index (χ3n) is 4.78. The summed E-state index contributed by atoms with van der Waals surface area (Å²) in [5, 5.41) is 5.57. The summed E-state index contributed by atoms with van der Waals surface area (Å²) in [7, 11) is 0. The van der Waals surface area contributed by atoms with Crippen LogP contribution < -0.4 is 10.2 Å². The molecule has 1 N–H and O–H groups in total. The van der Waals surface area contributed by atoms with Crippen molar-refractivity contribution < 1.29 is 0 Å². The first-order valence-corrected chi connectivity index (χ1v) is 9.51. The second-order valence-electron chi connectivity index (χ2n) is 6.56. The Morgan fingerprint density at radius 3 is 2.84 bits per heavy atom. The van der Waals surface area contributed by atoms with Gasteiger partial charge in [-0.05, 0) is 55.8 Å². The molecule has 2 aromatic heterocycles. The third kappa shape index (κ3) is 3.12. The van der Waals surface area contributed by atoms with Crippen LogP contribution in [0, 0.1) is 13.8 Å². The molecule has 5 heteroatoms. The van der Waals surface area contributed by atoms with Crippen LogP contribution in [0.15, 0.2) is 41.8 Å². The number of hydrogen-bond donors (Lipinski definition) is 1. The van der Waals surface area contributed by atoms with Gasteiger partial charge in [0, 0.05) is 28.9 Å². The van der Waals surface area contributed by atoms with Gasteiger partial charge >= 0.3 is 0 Å². The smallest absolute Gasteiger partial charge is 0.229 e. The van der Waals surface area contributed by atoms with Gasteiger partial charge in [-0.2, -0.15) is 4.98 Å². The molecular formula is C20H22N4S. The normalized spacial score (nSPS) is 16.6. The monoisotopic (exact) mass is 350 g/mol. The Balaban J connectivity index is 1.65. The fourth-order valence-electron chi connectivity index (χ4n) is 3.40. The van der Waals surface area contributed by atoms with Crippen molar-refractivity contribution in [1.82, 2.24) is 9.97 Å². The fraction of sp³-hybridized carbons (Fsp3) is 0.300. The third-order valence-corrected chi connectivity index (χ3v) is 5.91. The van der Waals surface area contributed by atoms with Gasteiger partial charge in [0.05, 0.1) is 6.04 Å². The second-order valence-corrected chi connectivity index (χ2v) is 7.51. The Hall–Kier alpha value is -2.40. The van der Waals surface area contributed by atoms with E-state index in [0.717, 1.165) is 30.2 Å². The molecule has 0 bridgehead atoms. The topological polar surface area (TPSA) is 41.1 Å². The molecule has 1 aromatic carbocycles. The van der Waals surface area contributed by atoms with Gasteiger partial charge in [-0.1, -0.05) is 18.2 Å². The molecule has 1 unspecified atom stereocenters. The summed E-state index contributed by atoms with van der Waals surface area (Å²) in [5.41, 5.74) is 4.69. The number of nitrogens with one attached hydrogen (secondary N) is 1. The summed E-state index contributed by atoms with van der Waals surface area (Å²) >= 11 is 1.84. The first-order chi connectivity index (χ1) is 12.1. The summed E-state index contributed by atoms with van der Waals surface area (Å²) < 4.78 is 0. The van der Waals surface area contributed by atoms with Crippen LogP contribution in [0.1, 0.15) is 34.7 Å². The van der Waals surface area contributed by atoms with Gasteiger partial charge in [0.1, 0.15) is 5.82 Å². The van der Waals surface area contributed by atoms with Crippen molar-refractivity contribution in [2.45, 2.75) is 33.2 Å². The maximum atomic E-state index is 4.81. The van der Waals surface area contributed by atoms with Gasteiger partial charge in [0.2, 0.25) is 5.95 Å². The van der Waals surface area contributed by atoms with E-state index >= 15 is 0 Å². The van der Waals surface area contributed by atoms with Crippen molar-refractivity contribution in [2.24, 2.45) is 0 Å². The van der Waals surface area contributed by atoms with E-state index in [1.807, 2.05) is 30.4 Å². The minimum absolute atomic E-state index is 0.351. The van der Waals surface area contributed by atoms with Crippen LogP contribution in [0.2, 0.25) is 0 Å². The van der Waals surface area contributed by atoms with Gasteiger partial charge in [0.25, 0.3) is 0 Å². The molecule has 1 aliphatic rings. The number of fused-ring (bicyclic) bond motifs is 1. The Bertz CT molecular complexity index is 902. The van der Waals surface area contributed by atoms with Crippen LogP contribution in [-0.4, -0.2) is 16.5 Å². The zero-order valence-corrected chi connectivity index (χ0v) is 15.6. The maximum Gasteiger partial charge on any atom is 0.229 e. The molecule has 128 valence electrons. The van der Waals surface area contributed by atoms with E-state index in [2.05, 4.69) is 58.7 Å². The molecule has 1 atom stereocenters. The lowest BCUT2D eigenvalue weighted by Gasteiger charge is -2.34. The van der Waals surface area contributed by atoms with Crippen LogP contribution >= 0.6 is 11.3 Å². The molecule has 0 fully saturated rings. The molecule has 0 amide bonds. The van der Waals surface area contributed by atoms with Crippen LogP contribution in [-0.2, 0) is 6.42 Å². The van der Waals surface area contributed by atoms with Gasteiger partial charge in [-0.3, -0.25) is 0 Å². The van der Waals surface area contributed by atoms with E-state index in [4.69, 9.17) is 4.98 Å². The zero-order chi connectivity index (χ0) is 17.4. The first-order valence-electron chi connectivity index (χ1n) is 8.63. The van der Waals surface area contributed by atoms with Crippen molar-refractivity contribution >= 4 is 28.8 Å². The summed E-state index contributed by atoms with van der Waals surface area (Å²) in [5.74, 6) is 1.66. The van der Waals surface area contributed by atoms with Crippen molar-refractivity contribution in [1.29, 1.82) is 0 Å². The summed E-state index contributed by atoms with van der Waals surface area (Å²) in [4.78, 5) is 13.2. The lowest BCUT2D eigenvalue weighted by Crippen LogP contribution is -2.33. The first kappa shape index (κ1) is 16.1. The van der Waals surface area contributed by atoms with Crippen molar-refractivity contribution in [3.05, 3.63) is 63.5 Å². The lowest BCUT2D eigenvalue weighted by atomic mass is 10.0. The Morgan fingerprint density at radius 1 is 1.16 bits per heavy atom. The van der Waals surface area contributed by atoms with Crippen LogP contribution in [0.5, 0.6) is 0 Å².